The third-order valence-corrected chi connectivity index (χ3v) is 4.89. The van der Waals surface area contributed by atoms with Gasteiger partial charge < -0.3 is 37.5 Å². The molecule has 0 saturated carbocycles. The Bertz CT molecular complexity index is 754. The zero-order chi connectivity index (χ0) is 24.3. The van der Waals surface area contributed by atoms with Gasteiger partial charge in [0.25, 0.3) is 0 Å². The zero-order valence-electron chi connectivity index (χ0n) is 18.8. The van der Waals surface area contributed by atoms with Gasteiger partial charge >= 0.3 is 5.97 Å². The monoisotopic (exact) mass is 453 g/mol. The number of hydrogen-bond donors (Lipinski definition) is 7. The number of aliphatic carboxylic acids is 1. The minimum Gasteiger partial charge on any atom is -0.480 e. The first-order chi connectivity index (χ1) is 15.1. The number of carboxylic acid groups (broad SMARTS) is 1. The Kier molecular flexibility index (Phi) is 11.3. The molecule has 1 rings (SSSR count). The van der Waals surface area contributed by atoms with Gasteiger partial charge in [-0.25, -0.2) is 4.98 Å². The number of unbranched alkanes of at least 4 members (excludes halogenated alkanes) is 1. The molecule has 180 valence electrons. The van der Waals surface area contributed by atoms with Crippen LogP contribution in [-0.2, 0) is 25.6 Å². The van der Waals surface area contributed by atoms with Crippen molar-refractivity contribution in [2.75, 3.05) is 6.54 Å². The van der Waals surface area contributed by atoms with Gasteiger partial charge in [0.15, 0.2) is 0 Å². The van der Waals surface area contributed by atoms with E-state index in [0.29, 0.717) is 25.1 Å². The lowest BCUT2D eigenvalue weighted by Gasteiger charge is -2.26. The first kappa shape index (κ1) is 27.0. The highest BCUT2D eigenvalue weighted by atomic mass is 16.4. The molecule has 32 heavy (non-hydrogen) atoms. The number of aromatic nitrogens is 2. The third kappa shape index (κ3) is 9.02. The minimum atomic E-state index is -1.19. The van der Waals surface area contributed by atoms with E-state index in [2.05, 4.69) is 25.9 Å². The summed E-state index contributed by atoms with van der Waals surface area (Å²) in [5, 5.41) is 16.7. The first-order valence-corrected chi connectivity index (χ1v) is 10.6. The van der Waals surface area contributed by atoms with Crippen LogP contribution in [-0.4, -0.2) is 69.5 Å². The summed E-state index contributed by atoms with van der Waals surface area (Å²) in [6, 6.07) is -3.91. The number of carbonyl (C=O) groups excluding carboxylic acids is 3. The van der Waals surface area contributed by atoms with Crippen LogP contribution in [0.3, 0.4) is 0 Å². The Morgan fingerprint density at radius 2 is 1.75 bits per heavy atom. The number of aromatic amines is 1. The summed E-state index contributed by atoms with van der Waals surface area (Å²) in [6.45, 7) is 5.26. The molecular weight excluding hydrogens is 418 g/mol. The SMILES string of the molecule is CC(NC(=O)C(CCCCN)NC(=O)C(NC(=O)C(N)Cc1cnc[nH]1)C(C)C)C(=O)O. The van der Waals surface area contributed by atoms with Crippen molar-refractivity contribution < 1.29 is 24.3 Å². The van der Waals surface area contributed by atoms with Gasteiger partial charge in [0.1, 0.15) is 18.1 Å². The number of nitrogens with two attached hydrogens (primary N) is 2. The van der Waals surface area contributed by atoms with E-state index in [1.165, 1.54) is 13.3 Å². The fourth-order valence-electron chi connectivity index (χ4n) is 2.92. The number of hydrogen-bond acceptors (Lipinski definition) is 7. The van der Waals surface area contributed by atoms with Crippen LogP contribution >= 0.6 is 0 Å². The summed E-state index contributed by atoms with van der Waals surface area (Å²) >= 11 is 0. The second kappa shape index (κ2) is 13.4. The second-order valence-corrected chi connectivity index (χ2v) is 8.03. The van der Waals surface area contributed by atoms with Crippen LogP contribution in [0.2, 0.25) is 0 Å². The molecule has 0 saturated heterocycles. The lowest BCUT2D eigenvalue weighted by atomic mass is 10.0. The molecule has 0 aliphatic rings. The fraction of sp³-hybridized carbons (Fsp3) is 0.650. The molecule has 1 aromatic rings. The van der Waals surface area contributed by atoms with Gasteiger partial charge in [-0.05, 0) is 38.6 Å². The van der Waals surface area contributed by atoms with E-state index in [9.17, 15) is 19.2 Å². The Morgan fingerprint density at radius 3 is 2.28 bits per heavy atom. The Balaban J connectivity index is 2.83. The molecule has 1 aromatic heterocycles. The molecule has 3 amide bonds. The van der Waals surface area contributed by atoms with Gasteiger partial charge in [-0.2, -0.15) is 0 Å². The predicted molar refractivity (Wildman–Crippen MR) is 117 cm³/mol. The minimum absolute atomic E-state index is 0.218. The van der Waals surface area contributed by atoms with E-state index >= 15 is 0 Å². The van der Waals surface area contributed by atoms with Gasteiger partial charge in [-0.1, -0.05) is 13.8 Å². The highest BCUT2D eigenvalue weighted by Gasteiger charge is 2.30. The highest BCUT2D eigenvalue weighted by molar-refractivity contribution is 5.94. The van der Waals surface area contributed by atoms with Crippen molar-refractivity contribution in [2.24, 2.45) is 17.4 Å². The number of imidazole rings is 1. The molecule has 0 aliphatic heterocycles. The van der Waals surface area contributed by atoms with E-state index in [4.69, 9.17) is 16.6 Å². The predicted octanol–water partition coefficient (Wildman–Crippen LogP) is -1.38. The average molecular weight is 454 g/mol. The molecule has 9 N–H and O–H groups in total. The fourth-order valence-corrected chi connectivity index (χ4v) is 2.92. The van der Waals surface area contributed by atoms with Crippen molar-refractivity contribution in [2.45, 2.75) is 70.6 Å². The first-order valence-electron chi connectivity index (χ1n) is 10.6. The average Bonchev–Trinajstić information content (AvgIpc) is 3.23. The van der Waals surface area contributed by atoms with Crippen molar-refractivity contribution in [1.82, 2.24) is 25.9 Å². The van der Waals surface area contributed by atoms with Crippen LogP contribution in [0.5, 0.6) is 0 Å². The molecule has 0 radical (unpaired) electrons. The summed E-state index contributed by atoms with van der Waals surface area (Å²) in [5.41, 5.74) is 12.1. The van der Waals surface area contributed by atoms with Crippen molar-refractivity contribution in [3.05, 3.63) is 18.2 Å². The topological polar surface area (TPSA) is 205 Å². The van der Waals surface area contributed by atoms with Crippen LogP contribution in [0.4, 0.5) is 0 Å². The van der Waals surface area contributed by atoms with Gasteiger partial charge in [-0.15, -0.1) is 0 Å². The molecule has 12 heteroatoms. The smallest absolute Gasteiger partial charge is 0.325 e. The molecule has 1 heterocycles. The molecule has 0 spiro atoms. The zero-order valence-corrected chi connectivity index (χ0v) is 18.8. The van der Waals surface area contributed by atoms with Crippen molar-refractivity contribution >= 4 is 23.7 Å². The van der Waals surface area contributed by atoms with E-state index in [-0.39, 0.29) is 18.8 Å². The van der Waals surface area contributed by atoms with Crippen LogP contribution in [0.15, 0.2) is 12.5 Å². The number of H-pyrrole nitrogens is 1. The normalized spacial score (nSPS) is 14.8. The van der Waals surface area contributed by atoms with Crippen molar-refractivity contribution in [3.63, 3.8) is 0 Å². The summed E-state index contributed by atoms with van der Waals surface area (Å²) in [6.07, 6.45) is 4.73. The number of rotatable bonds is 14. The summed E-state index contributed by atoms with van der Waals surface area (Å²) in [4.78, 5) is 55.8. The Morgan fingerprint density at radius 1 is 1.06 bits per heavy atom. The Hall–Kier alpha value is -2.99. The number of carboxylic acids is 1. The number of nitrogens with zero attached hydrogens (tertiary/aromatic N) is 1. The quantitative estimate of drug-likeness (QED) is 0.167. The molecule has 0 fully saturated rings. The molecule has 4 atom stereocenters. The van der Waals surface area contributed by atoms with Crippen LogP contribution in [0.1, 0.15) is 45.7 Å². The van der Waals surface area contributed by atoms with Gasteiger partial charge in [0.2, 0.25) is 17.7 Å². The van der Waals surface area contributed by atoms with Crippen LogP contribution < -0.4 is 27.4 Å². The molecule has 0 aromatic carbocycles. The molecule has 0 bridgehead atoms. The van der Waals surface area contributed by atoms with Crippen LogP contribution in [0, 0.1) is 5.92 Å². The molecule has 12 nitrogen and oxygen atoms in total. The summed E-state index contributed by atoms with van der Waals surface area (Å²) < 4.78 is 0. The highest BCUT2D eigenvalue weighted by Crippen LogP contribution is 2.07. The van der Waals surface area contributed by atoms with E-state index in [0.717, 1.165) is 0 Å². The molecular formula is C20H35N7O5. The maximum absolute atomic E-state index is 12.9. The van der Waals surface area contributed by atoms with Crippen molar-refractivity contribution in [1.29, 1.82) is 0 Å². The summed E-state index contributed by atoms with van der Waals surface area (Å²) in [5.74, 6) is -3.17. The maximum Gasteiger partial charge on any atom is 0.325 e. The standard InChI is InChI=1S/C20H35N7O5/c1-11(2)16(27-17(28)14(22)8-13-9-23-10-24-13)19(30)26-15(6-4-5-7-21)18(29)25-12(3)20(31)32/h9-12,14-16H,4-8,21-22H2,1-3H3,(H,23,24)(H,25,29)(H,26,30)(H,27,28)(H,31,32). The largest absolute Gasteiger partial charge is 0.480 e. The maximum atomic E-state index is 12.9. The third-order valence-electron chi connectivity index (χ3n) is 4.89. The van der Waals surface area contributed by atoms with Gasteiger partial charge in [0, 0.05) is 18.3 Å². The molecule has 4 unspecified atom stereocenters. The lowest BCUT2D eigenvalue weighted by Crippen LogP contribution is -2.58. The number of carbonyl (C=O) groups is 4. The van der Waals surface area contributed by atoms with Crippen molar-refractivity contribution in [3.8, 4) is 0 Å². The lowest BCUT2D eigenvalue weighted by molar-refractivity contribution is -0.142. The second-order valence-electron chi connectivity index (χ2n) is 8.03. The van der Waals surface area contributed by atoms with Gasteiger partial charge in [0.05, 0.1) is 12.4 Å². The van der Waals surface area contributed by atoms with E-state index < -0.39 is 47.9 Å². The number of nitrogens with one attached hydrogen (secondary N) is 4. The number of amides is 3. The van der Waals surface area contributed by atoms with Gasteiger partial charge in [-0.3, -0.25) is 19.2 Å². The molecule has 0 aliphatic carbocycles. The van der Waals surface area contributed by atoms with E-state index in [1.54, 1.807) is 20.0 Å². The van der Waals surface area contributed by atoms with E-state index in [1.807, 2.05) is 0 Å². The van der Waals surface area contributed by atoms with Crippen LogP contribution in [0.25, 0.3) is 0 Å². The summed E-state index contributed by atoms with van der Waals surface area (Å²) in [7, 11) is 0. The Labute approximate surface area is 187 Å².